The summed E-state index contributed by atoms with van der Waals surface area (Å²) in [4.78, 5) is 11.4. The van der Waals surface area contributed by atoms with Gasteiger partial charge in [-0.25, -0.2) is 0 Å². The minimum Gasteiger partial charge on any atom is -0.298 e. The van der Waals surface area contributed by atoms with Crippen molar-refractivity contribution in [2.24, 2.45) is 11.8 Å². The van der Waals surface area contributed by atoms with Crippen molar-refractivity contribution in [1.29, 1.82) is 0 Å². The number of thiol groups is 1. The summed E-state index contributed by atoms with van der Waals surface area (Å²) in [6, 6.07) is -0.113. The molecule has 0 bridgehead atoms. The molecule has 11 heavy (non-hydrogen) atoms. The molecule has 0 aliphatic rings. The van der Waals surface area contributed by atoms with Crippen LogP contribution in [0.1, 0.15) is 27.7 Å². The van der Waals surface area contributed by atoms with Gasteiger partial charge in [0, 0.05) is 5.92 Å². The Kier molecular flexibility index (Phi) is 4.77. The monoisotopic (exact) mass is 175 g/mol. The maximum absolute atomic E-state index is 11.4. The quantitative estimate of drug-likeness (QED) is 0.636. The van der Waals surface area contributed by atoms with E-state index in [2.05, 4.69) is 17.5 Å². The Labute approximate surface area is 74.3 Å². The summed E-state index contributed by atoms with van der Waals surface area (Å²) in [5, 5.41) is 0. The van der Waals surface area contributed by atoms with E-state index in [0.717, 1.165) is 0 Å². The summed E-state index contributed by atoms with van der Waals surface area (Å²) in [7, 11) is 0. The maximum Gasteiger partial charge on any atom is 0.153 e. The van der Waals surface area contributed by atoms with Crippen LogP contribution in [0.5, 0.6) is 0 Å². The van der Waals surface area contributed by atoms with Crippen LogP contribution in [0.3, 0.4) is 0 Å². The second-order valence-electron chi connectivity index (χ2n) is 3.41. The lowest BCUT2D eigenvalue weighted by atomic mass is 9.94. The summed E-state index contributed by atoms with van der Waals surface area (Å²) in [5.41, 5.74) is 0. The fourth-order valence-corrected chi connectivity index (χ4v) is 1.33. The van der Waals surface area contributed by atoms with Gasteiger partial charge in [0.1, 0.15) is 0 Å². The number of ketones is 1. The Morgan fingerprint density at radius 2 is 1.73 bits per heavy atom. The van der Waals surface area contributed by atoms with E-state index < -0.39 is 0 Å². The van der Waals surface area contributed by atoms with Gasteiger partial charge in [-0.2, -0.15) is 0 Å². The van der Waals surface area contributed by atoms with Crippen LogP contribution in [0.25, 0.3) is 0 Å². The summed E-state index contributed by atoms with van der Waals surface area (Å²) in [5.74, 6) is 0.624. The normalized spacial score (nSPS) is 14.1. The lowest BCUT2D eigenvalue weighted by molar-refractivity contribution is -0.124. The molecular formula is C8H17NOS. The molecule has 0 amide bonds. The molecule has 3 heteroatoms. The van der Waals surface area contributed by atoms with Crippen LogP contribution in [0.2, 0.25) is 0 Å². The first-order chi connectivity index (χ1) is 5.00. The molecule has 0 aliphatic carbocycles. The minimum atomic E-state index is -0.113. The zero-order chi connectivity index (χ0) is 9.02. The molecule has 0 aromatic rings. The van der Waals surface area contributed by atoms with Crippen molar-refractivity contribution < 1.29 is 4.79 Å². The molecule has 0 aliphatic heterocycles. The van der Waals surface area contributed by atoms with Gasteiger partial charge in [-0.3, -0.25) is 9.52 Å². The highest BCUT2D eigenvalue weighted by molar-refractivity contribution is 7.78. The number of Topliss-reactive ketones (excluding diaryl/α,β-unsaturated/α-hetero) is 1. The Morgan fingerprint density at radius 3 is 1.82 bits per heavy atom. The van der Waals surface area contributed by atoms with Gasteiger partial charge in [0.05, 0.1) is 6.04 Å². The Balaban J connectivity index is 4.15. The van der Waals surface area contributed by atoms with Crippen molar-refractivity contribution in [1.82, 2.24) is 4.72 Å². The fourth-order valence-electron chi connectivity index (χ4n) is 0.900. The number of carbonyl (C=O) groups is 1. The van der Waals surface area contributed by atoms with Gasteiger partial charge in [-0.05, 0) is 5.92 Å². The van der Waals surface area contributed by atoms with Gasteiger partial charge in [0.15, 0.2) is 5.78 Å². The van der Waals surface area contributed by atoms with Crippen molar-refractivity contribution in [3.05, 3.63) is 0 Å². The Morgan fingerprint density at radius 1 is 1.27 bits per heavy atom. The highest BCUT2D eigenvalue weighted by atomic mass is 32.1. The predicted molar refractivity (Wildman–Crippen MR) is 50.6 cm³/mol. The van der Waals surface area contributed by atoms with Crippen LogP contribution < -0.4 is 4.72 Å². The first kappa shape index (κ1) is 11.0. The minimum absolute atomic E-state index is 0.0852. The Bertz CT molecular complexity index is 134. The van der Waals surface area contributed by atoms with E-state index in [-0.39, 0.29) is 17.7 Å². The van der Waals surface area contributed by atoms with Crippen LogP contribution in [0.4, 0.5) is 0 Å². The van der Waals surface area contributed by atoms with Crippen molar-refractivity contribution >= 4 is 18.6 Å². The summed E-state index contributed by atoms with van der Waals surface area (Å²) in [6.07, 6.45) is 0. The summed E-state index contributed by atoms with van der Waals surface area (Å²) >= 11 is 3.92. The maximum atomic E-state index is 11.4. The molecule has 0 radical (unpaired) electrons. The molecular weight excluding hydrogens is 158 g/mol. The topological polar surface area (TPSA) is 29.1 Å². The van der Waals surface area contributed by atoms with Crippen molar-refractivity contribution in [2.45, 2.75) is 33.7 Å². The predicted octanol–water partition coefficient (Wildman–Crippen LogP) is 1.67. The van der Waals surface area contributed by atoms with Crippen LogP contribution in [-0.2, 0) is 4.79 Å². The van der Waals surface area contributed by atoms with Gasteiger partial charge in [-0.15, -0.1) is 0 Å². The largest absolute Gasteiger partial charge is 0.298 e. The van der Waals surface area contributed by atoms with E-state index in [4.69, 9.17) is 0 Å². The number of hydrogen-bond acceptors (Lipinski definition) is 3. The molecule has 2 nitrogen and oxygen atoms in total. The molecule has 0 aromatic heterocycles. The number of rotatable bonds is 4. The van der Waals surface area contributed by atoms with Gasteiger partial charge in [0.25, 0.3) is 0 Å². The number of hydrogen-bond donors (Lipinski definition) is 2. The van der Waals surface area contributed by atoms with E-state index in [9.17, 15) is 4.79 Å². The SMILES string of the molecule is CC(C)C(=O)[C@H](NS)C(C)C. The Hall–Kier alpha value is -0.0200. The first-order valence-electron chi connectivity index (χ1n) is 3.94. The molecule has 0 aromatic carbocycles. The fraction of sp³-hybridized carbons (Fsp3) is 0.875. The molecule has 0 unspecified atom stereocenters. The standard InChI is InChI=1S/C8H17NOS/c1-5(2)7(9-11)8(10)6(3)4/h5-7,9,11H,1-4H3/t7-/m1/s1. The molecule has 0 fully saturated rings. The van der Waals surface area contributed by atoms with E-state index in [1.165, 1.54) is 0 Å². The van der Waals surface area contributed by atoms with E-state index in [1.807, 2.05) is 27.7 Å². The second-order valence-corrected chi connectivity index (χ2v) is 3.67. The molecule has 0 heterocycles. The third-order valence-corrected chi connectivity index (χ3v) is 1.96. The number of nitrogens with one attached hydrogen (secondary N) is 1. The third-order valence-electron chi connectivity index (χ3n) is 1.68. The second kappa shape index (κ2) is 4.78. The van der Waals surface area contributed by atoms with E-state index in [1.54, 1.807) is 0 Å². The molecule has 1 atom stereocenters. The molecule has 66 valence electrons. The van der Waals surface area contributed by atoms with Crippen LogP contribution in [0, 0.1) is 11.8 Å². The smallest absolute Gasteiger partial charge is 0.153 e. The van der Waals surface area contributed by atoms with E-state index in [0.29, 0.717) is 5.92 Å². The van der Waals surface area contributed by atoms with Gasteiger partial charge in [0.2, 0.25) is 0 Å². The summed E-state index contributed by atoms with van der Waals surface area (Å²) < 4.78 is 2.73. The first-order valence-corrected chi connectivity index (χ1v) is 4.38. The van der Waals surface area contributed by atoms with Crippen molar-refractivity contribution in [3.63, 3.8) is 0 Å². The molecule has 0 spiro atoms. The third kappa shape index (κ3) is 3.25. The zero-order valence-corrected chi connectivity index (χ0v) is 8.48. The van der Waals surface area contributed by atoms with Crippen LogP contribution >= 0.6 is 12.8 Å². The highest BCUT2D eigenvalue weighted by Crippen LogP contribution is 2.09. The number of carbonyl (C=O) groups excluding carboxylic acids is 1. The van der Waals surface area contributed by atoms with Gasteiger partial charge >= 0.3 is 0 Å². The highest BCUT2D eigenvalue weighted by Gasteiger charge is 2.22. The van der Waals surface area contributed by atoms with Crippen LogP contribution in [-0.4, -0.2) is 11.8 Å². The average molecular weight is 175 g/mol. The van der Waals surface area contributed by atoms with Crippen molar-refractivity contribution in [3.8, 4) is 0 Å². The lowest BCUT2D eigenvalue weighted by Gasteiger charge is -2.19. The molecule has 1 N–H and O–H groups in total. The zero-order valence-electron chi connectivity index (χ0n) is 7.59. The molecule has 0 saturated carbocycles. The summed E-state index contributed by atoms with van der Waals surface area (Å²) in [6.45, 7) is 7.83. The van der Waals surface area contributed by atoms with Crippen molar-refractivity contribution in [2.75, 3.05) is 0 Å². The van der Waals surface area contributed by atoms with E-state index >= 15 is 0 Å². The molecule has 0 rings (SSSR count). The lowest BCUT2D eigenvalue weighted by Crippen LogP contribution is -2.38. The van der Waals surface area contributed by atoms with Crippen LogP contribution in [0.15, 0.2) is 0 Å². The molecule has 0 saturated heterocycles. The average Bonchev–Trinajstić information content (AvgIpc) is 1.88. The van der Waals surface area contributed by atoms with Gasteiger partial charge < -0.3 is 0 Å². The van der Waals surface area contributed by atoms with Gasteiger partial charge in [-0.1, -0.05) is 40.5 Å².